The molecule has 0 unspecified atom stereocenters. The Labute approximate surface area is 265 Å². The van der Waals surface area contributed by atoms with E-state index in [-0.39, 0.29) is 37.2 Å². The van der Waals surface area contributed by atoms with Crippen molar-refractivity contribution < 1.29 is 37.5 Å². The Kier molecular flexibility index (Phi) is 7.31. The number of halogens is 3. The number of rotatable bonds is 5. The van der Waals surface area contributed by atoms with Crippen molar-refractivity contribution in [2.24, 2.45) is 0 Å². The molecule has 2 fully saturated rings. The van der Waals surface area contributed by atoms with Gasteiger partial charge in [-0.2, -0.15) is 0 Å². The van der Waals surface area contributed by atoms with Crippen LogP contribution >= 0.6 is 0 Å². The van der Waals surface area contributed by atoms with Crippen molar-refractivity contribution in [2.75, 3.05) is 6.54 Å². The SMILES string of the molecule is C[C@H]1CC[C@]2(CC(=O)N(Cc3cccc4ccccc34)O2)[C@H]2CN1C(=O)c1c(O)c(=O)c(C(=O)NCc3c(F)cc(F)cc3F)cn12. The number of nitrogens with zero attached hydrogens (tertiary/aromatic N) is 3. The van der Waals surface area contributed by atoms with Gasteiger partial charge in [-0.25, -0.2) is 18.2 Å². The van der Waals surface area contributed by atoms with Crippen molar-refractivity contribution in [3.63, 3.8) is 0 Å². The molecule has 3 atom stereocenters. The van der Waals surface area contributed by atoms with Gasteiger partial charge in [0, 0.05) is 43.0 Å². The fourth-order valence-electron chi connectivity index (χ4n) is 6.98. The maximum absolute atomic E-state index is 14.2. The minimum absolute atomic E-state index is 0.0613. The summed E-state index contributed by atoms with van der Waals surface area (Å²) in [4.78, 5) is 61.7. The monoisotopic (exact) mass is 646 g/mol. The molecular formula is C34H29F3N4O6. The normalized spacial score (nSPS) is 22.1. The lowest BCUT2D eigenvalue weighted by Gasteiger charge is -2.42. The number of amides is 3. The third-order valence-electron chi connectivity index (χ3n) is 9.49. The van der Waals surface area contributed by atoms with Crippen LogP contribution in [0.4, 0.5) is 13.2 Å². The molecule has 2 saturated heterocycles. The van der Waals surface area contributed by atoms with Gasteiger partial charge in [-0.05, 0) is 36.1 Å². The number of aromatic nitrogens is 1. The van der Waals surface area contributed by atoms with Crippen LogP contribution in [0.2, 0.25) is 0 Å². The molecule has 3 aromatic carbocycles. The van der Waals surface area contributed by atoms with Crippen molar-refractivity contribution in [1.29, 1.82) is 0 Å². The number of hydrogen-bond donors (Lipinski definition) is 2. The van der Waals surface area contributed by atoms with E-state index in [1.54, 1.807) is 0 Å². The Balaban J connectivity index is 1.25. The highest BCUT2D eigenvalue weighted by atomic mass is 19.1. The van der Waals surface area contributed by atoms with Gasteiger partial charge >= 0.3 is 0 Å². The number of carbonyl (C=O) groups excluding carboxylic acids is 3. The van der Waals surface area contributed by atoms with Crippen LogP contribution in [0, 0.1) is 17.5 Å². The topological polar surface area (TPSA) is 121 Å². The first kappa shape index (κ1) is 30.5. The van der Waals surface area contributed by atoms with Gasteiger partial charge in [0.15, 0.2) is 11.4 Å². The van der Waals surface area contributed by atoms with Gasteiger partial charge in [0.05, 0.1) is 19.0 Å². The molecule has 1 aromatic heterocycles. The Morgan fingerprint density at radius 2 is 1.79 bits per heavy atom. The molecule has 0 saturated carbocycles. The van der Waals surface area contributed by atoms with Gasteiger partial charge in [-0.1, -0.05) is 42.5 Å². The summed E-state index contributed by atoms with van der Waals surface area (Å²) in [6.07, 6.45) is 1.85. The molecule has 3 aliphatic heterocycles. The van der Waals surface area contributed by atoms with E-state index in [9.17, 15) is 37.5 Å². The van der Waals surface area contributed by atoms with Crippen LogP contribution in [0.3, 0.4) is 0 Å². The third-order valence-corrected chi connectivity index (χ3v) is 9.49. The van der Waals surface area contributed by atoms with Crippen LogP contribution in [-0.4, -0.2) is 55.5 Å². The molecule has 3 amide bonds. The zero-order chi connectivity index (χ0) is 33.2. The summed E-state index contributed by atoms with van der Waals surface area (Å²) in [7, 11) is 0. The zero-order valence-corrected chi connectivity index (χ0v) is 25.1. The minimum atomic E-state index is -1.23. The molecular weight excluding hydrogens is 617 g/mol. The summed E-state index contributed by atoms with van der Waals surface area (Å²) in [5, 5.41) is 16.6. The molecule has 7 rings (SSSR count). The Morgan fingerprint density at radius 1 is 1.06 bits per heavy atom. The van der Waals surface area contributed by atoms with Gasteiger partial charge in [0.1, 0.15) is 28.6 Å². The summed E-state index contributed by atoms with van der Waals surface area (Å²) in [5.41, 5.74) is -3.07. The van der Waals surface area contributed by atoms with Crippen LogP contribution in [0.5, 0.6) is 5.75 Å². The maximum Gasteiger partial charge on any atom is 0.274 e. The predicted molar refractivity (Wildman–Crippen MR) is 162 cm³/mol. The first-order valence-corrected chi connectivity index (χ1v) is 15.1. The lowest BCUT2D eigenvalue weighted by atomic mass is 9.85. The summed E-state index contributed by atoms with van der Waals surface area (Å²) in [5.74, 6) is -6.58. The van der Waals surface area contributed by atoms with E-state index in [1.807, 2.05) is 49.4 Å². The highest BCUT2D eigenvalue weighted by Crippen LogP contribution is 2.47. The molecule has 3 aliphatic rings. The molecule has 47 heavy (non-hydrogen) atoms. The molecule has 1 spiro atoms. The smallest absolute Gasteiger partial charge is 0.274 e. The average Bonchev–Trinajstić information content (AvgIpc) is 3.29. The number of fused-ring (bicyclic) bond motifs is 6. The molecule has 2 bridgehead atoms. The molecule has 0 radical (unpaired) electrons. The predicted octanol–water partition coefficient (Wildman–Crippen LogP) is 4.34. The van der Waals surface area contributed by atoms with E-state index in [0.29, 0.717) is 25.0 Å². The molecule has 242 valence electrons. The third kappa shape index (κ3) is 5.01. The van der Waals surface area contributed by atoms with E-state index in [4.69, 9.17) is 4.84 Å². The molecule has 0 aliphatic carbocycles. The van der Waals surface area contributed by atoms with Crippen LogP contribution in [0.15, 0.2) is 65.6 Å². The first-order valence-electron chi connectivity index (χ1n) is 15.1. The number of aromatic hydroxyl groups is 1. The Hall–Kier alpha value is -5.17. The van der Waals surface area contributed by atoms with Crippen molar-refractivity contribution in [2.45, 2.75) is 57.0 Å². The van der Waals surface area contributed by atoms with E-state index in [0.717, 1.165) is 22.5 Å². The lowest BCUT2D eigenvalue weighted by Crippen LogP contribution is -2.52. The van der Waals surface area contributed by atoms with E-state index >= 15 is 0 Å². The number of carbonyl (C=O) groups is 3. The molecule has 2 N–H and O–H groups in total. The lowest BCUT2D eigenvalue weighted by molar-refractivity contribution is -0.217. The summed E-state index contributed by atoms with van der Waals surface area (Å²) >= 11 is 0. The van der Waals surface area contributed by atoms with Gasteiger partial charge in [0.2, 0.25) is 11.3 Å². The number of nitrogens with one attached hydrogen (secondary N) is 1. The largest absolute Gasteiger partial charge is 0.503 e. The Morgan fingerprint density at radius 3 is 2.55 bits per heavy atom. The van der Waals surface area contributed by atoms with Gasteiger partial charge in [-0.3, -0.25) is 24.0 Å². The van der Waals surface area contributed by atoms with Crippen LogP contribution in [-0.2, 0) is 22.7 Å². The average molecular weight is 647 g/mol. The van der Waals surface area contributed by atoms with Crippen molar-refractivity contribution >= 4 is 28.5 Å². The number of pyridine rings is 1. The van der Waals surface area contributed by atoms with Gasteiger partial charge < -0.3 is 19.9 Å². The molecule has 4 heterocycles. The zero-order valence-electron chi connectivity index (χ0n) is 25.1. The number of benzene rings is 3. The summed E-state index contributed by atoms with van der Waals surface area (Å²) < 4.78 is 43.1. The van der Waals surface area contributed by atoms with E-state index in [1.165, 1.54) is 14.5 Å². The van der Waals surface area contributed by atoms with Crippen LogP contribution in [0.1, 0.15) is 64.2 Å². The van der Waals surface area contributed by atoms with E-state index in [2.05, 4.69) is 5.32 Å². The summed E-state index contributed by atoms with van der Waals surface area (Å²) in [6, 6.07) is 13.3. The highest BCUT2D eigenvalue weighted by Gasteiger charge is 2.56. The fourth-order valence-corrected chi connectivity index (χ4v) is 6.98. The second-order valence-electron chi connectivity index (χ2n) is 12.3. The van der Waals surface area contributed by atoms with Crippen molar-refractivity contribution in [3.8, 4) is 5.75 Å². The standard InChI is InChI=1S/C34H29F3N4O6/c1-18-9-10-34(13-28(42)41(47-34)15-20-7-4-6-19-5-2-3-8-22(19)20)27-17-39(18)33(46)29-31(44)30(43)24(16-40(27)29)32(45)38-14-23-25(36)11-21(35)12-26(23)37/h2-8,11-12,16,18,27,44H,9-10,13-15,17H2,1H3,(H,38,45)/t18-,27+,34-/m0/s1. The van der Waals surface area contributed by atoms with Crippen LogP contribution < -0.4 is 10.7 Å². The maximum atomic E-state index is 14.2. The molecule has 4 aromatic rings. The molecule has 13 heteroatoms. The van der Waals surface area contributed by atoms with Crippen LogP contribution in [0.25, 0.3) is 10.8 Å². The minimum Gasteiger partial charge on any atom is -0.503 e. The Bertz CT molecular complexity index is 2020. The van der Waals surface area contributed by atoms with Crippen molar-refractivity contribution in [1.82, 2.24) is 19.8 Å². The fraction of sp³-hybridized carbons (Fsp3) is 0.294. The number of hydrogen-bond acceptors (Lipinski definition) is 6. The van der Waals surface area contributed by atoms with Gasteiger partial charge in [-0.15, -0.1) is 0 Å². The quantitative estimate of drug-likeness (QED) is 0.333. The second-order valence-corrected chi connectivity index (χ2v) is 12.3. The highest BCUT2D eigenvalue weighted by molar-refractivity contribution is 5.99. The van der Waals surface area contributed by atoms with E-state index < -0.39 is 69.8 Å². The molecule has 10 nitrogen and oxygen atoms in total. The first-order chi connectivity index (χ1) is 22.5. The van der Waals surface area contributed by atoms with Gasteiger partial charge in [0.25, 0.3) is 11.8 Å². The number of hydroxylamine groups is 2. The van der Waals surface area contributed by atoms with Crippen molar-refractivity contribution in [3.05, 3.63) is 111 Å². The summed E-state index contributed by atoms with van der Waals surface area (Å²) in [6.45, 7) is 1.33. The second kappa shape index (κ2) is 11.3.